The molecule has 3 heterocycles. The number of fused-ring (bicyclic) bond motifs is 2. The van der Waals surface area contributed by atoms with Gasteiger partial charge in [-0.2, -0.15) is 4.31 Å². The molecule has 3 unspecified atom stereocenters. The van der Waals surface area contributed by atoms with Crippen LogP contribution in [0.2, 0.25) is 0 Å². The number of benzene rings is 2. The summed E-state index contributed by atoms with van der Waals surface area (Å²) in [7, 11) is -4.13. The highest BCUT2D eigenvalue weighted by Crippen LogP contribution is 2.49. The van der Waals surface area contributed by atoms with Gasteiger partial charge in [0, 0.05) is 43.0 Å². The van der Waals surface area contributed by atoms with Crippen LogP contribution < -0.4 is 10.6 Å². The number of alkyl carbamates (subject to hydrolysis) is 1. The van der Waals surface area contributed by atoms with Crippen LogP contribution in [0.15, 0.2) is 41.3 Å². The Morgan fingerprint density at radius 1 is 1.10 bits per heavy atom. The molecular formula is C33H40F2N4O7S2. The van der Waals surface area contributed by atoms with Gasteiger partial charge in [-0.25, -0.2) is 27.0 Å². The van der Waals surface area contributed by atoms with Crippen molar-refractivity contribution in [1.82, 2.24) is 14.6 Å². The molecule has 2 aliphatic heterocycles. The molecule has 260 valence electrons. The average molecular weight is 707 g/mol. The molecule has 15 heteroatoms. The number of thiazole rings is 1. The Bertz CT molecular complexity index is 1750. The summed E-state index contributed by atoms with van der Waals surface area (Å²) in [4.78, 5) is 18.0. The van der Waals surface area contributed by atoms with E-state index in [-0.39, 0.29) is 53.4 Å². The molecule has 7 rings (SSSR count). The summed E-state index contributed by atoms with van der Waals surface area (Å²) in [6.07, 6.45) is -0.245. The highest BCUT2D eigenvalue weighted by molar-refractivity contribution is 7.89. The van der Waals surface area contributed by atoms with Crippen LogP contribution >= 0.6 is 11.3 Å². The topological polar surface area (TPSA) is 139 Å². The minimum absolute atomic E-state index is 0.00900. The number of carbonyl (C=O) groups excluding carboxylic acids is 1. The third kappa shape index (κ3) is 7.17. The molecule has 3 N–H and O–H groups in total. The van der Waals surface area contributed by atoms with Crippen LogP contribution in [0.5, 0.6) is 0 Å². The number of aliphatic hydroxyl groups is 1. The molecule has 2 saturated heterocycles. The van der Waals surface area contributed by atoms with E-state index in [2.05, 4.69) is 15.6 Å². The summed E-state index contributed by atoms with van der Waals surface area (Å²) in [5.74, 6) is -1.60. The molecule has 2 bridgehead atoms. The zero-order valence-electron chi connectivity index (χ0n) is 26.7. The molecule has 1 aromatic heterocycles. The molecule has 1 amide bonds. The van der Waals surface area contributed by atoms with E-state index >= 15 is 0 Å². The van der Waals surface area contributed by atoms with Crippen LogP contribution in [0.3, 0.4) is 0 Å². The third-order valence-corrected chi connectivity index (χ3v) is 12.3. The first-order valence-electron chi connectivity index (χ1n) is 16.4. The number of nitrogens with zero attached hydrogens (tertiary/aromatic N) is 2. The number of aliphatic hydroxyl groups excluding tert-OH is 1. The third-order valence-electron chi connectivity index (χ3n) is 9.54. The van der Waals surface area contributed by atoms with Gasteiger partial charge in [0.1, 0.15) is 17.7 Å². The molecule has 11 nitrogen and oxygen atoms in total. The van der Waals surface area contributed by atoms with Crippen molar-refractivity contribution >= 4 is 42.8 Å². The lowest BCUT2D eigenvalue weighted by molar-refractivity contribution is -0.169. The van der Waals surface area contributed by atoms with Crippen LogP contribution in [0.4, 0.5) is 18.7 Å². The van der Waals surface area contributed by atoms with Crippen molar-refractivity contribution in [2.24, 2.45) is 23.7 Å². The van der Waals surface area contributed by atoms with E-state index < -0.39 is 52.5 Å². The van der Waals surface area contributed by atoms with Crippen molar-refractivity contribution in [3.05, 3.63) is 53.6 Å². The number of hydrogen-bond donors (Lipinski definition) is 3. The highest BCUT2D eigenvalue weighted by atomic mass is 32.2. The van der Waals surface area contributed by atoms with Crippen molar-refractivity contribution in [3.63, 3.8) is 0 Å². The molecule has 0 radical (unpaired) electrons. The Labute approximate surface area is 282 Å². The molecule has 48 heavy (non-hydrogen) atoms. The summed E-state index contributed by atoms with van der Waals surface area (Å²) in [5.41, 5.74) is 0.860. The van der Waals surface area contributed by atoms with Gasteiger partial charge in [-0.3, -0.25) is 0 Å². The van der Waals surface area contributed by atoms with Gasteiger partial charge in [-0.15, -0.1) is 0 Å². The first-order chi connectivity index (χ1) is 22.9. The predicted molar refractivity (Wildman–Crippen MR) is 174 cm³/mol. The minimum Gasteiger partial charge on any atom is -0.445 e. The van der Waals surface area contributed by atoms with Gasteiger partial charge < -0.3 is 30.0 Å². The van der Waals surface area contributed by atoms with Crippen LogP contribution in [-0.4, -0.2) is 85.8 Å². The molecule has 2 saturated carbocycles. The fourth-order valence-corrected chi connectivity index (χ4v) is 9.82. The summed E-state index contributed by atoms with van der Waals surface area (Å²) >= 11 is 1.38. The zero-order valence-corrected chi connectivity index (χ0v) is 28.3. The fourth-order valence-electron chi connectivity index (χ4n) is 7.12. The van der Waals surface area contributed by atoms with Crippen molar-refractivity contribution in [2.75, 3.05) is 31.6 Å². The second kappa shape index (κ2) is 13.4. The molecule has 4 fully saturated rings. The molecule has 3 aromatic rings. The van der Waals surface area contributed by atoms with E-state index in [4.69, 9.17) is 14.2 Å². The number of nitrogens with one attached hydrogen (secondary N) is 2. The summed E-state index contributed by atoms with van der Waals surface area (Å²) in [6.45, 7) is 4.22. The predicted octanol–water partition coefficient (Wildman–Crippen LogP) is 4.50. The Morgan fingerprint density at radius 2 is 1.85 bits per heavy atom. The quantitative estimate of drug-likeness (QED) is 0.235. The van der Waals surface area contributed by atoms with E-state index in [0.29, 0.717) is 29.5 Å². The SMILES string of the molecule is CC(C)CN(C[C@@H](O)[C@H](Cc1cc(F)cc(F)c1)NC(=O)O[C@H]1C2CO[C@H]3OCC1C3C2)S(=O)(=O)c1ccc2nc(NC3CC3)sc2c1. The number of sulfonamides is 1. The van der Waals surface area contributed by atoms with E-state index in [1.807, 2.05) is 13.8 Å². The van der Waals surface area contributed by atoms with Crippen molar-refractivity contribution in [1.29, 1.82) is 0 Å². The molecule has 4 aliphatic rings. The smallest absolute Gasteiger partial charge is 0.407 e. The number of carbonyl (C=O) groups is 1. The van der Waals surface area contributed by atoms with Gasteiger partial charge in [0.2, 0.25) is 10.0 Å². The molecular weight excluding hydrogens is 667 g/mol. The van der Waals surface area contributed by atoms with Crippen molar-refractivity contribution in [3.8, 4) is 0 Å². The lowest BCUT2D eigenvalue weighted by atomic mass is 9.98. The second-order valence-electron chi connectivity index (χ2n) is 13.8. The maximum Gasteiger partial charge on any atom is 0.407 e. The van der Waals surface area contributed by atoms with E-state index in [1.165, 1.54) is 21.7 Å². The van der Waals surface area contributed by atoms with Crippen LogP contribution in [0.25, 0.3) is 10.2 Å². The van der Waals surface area contributed by atoms with E-state index in [9.17, 15) is 27.1 Å². The number of halogens is 2. The second-order valence-corrected chi connectivity index (χ2v) is 16.8. The number of ether oxygens (including phenoxy) is 3. The number of aromatic nitrogens is 1. The lowest BCUT2D eigenvalue weighted by Crippen LogP contribution is -2.52. The number of rotatable bonds is 13. The van der Waals surface area contributed by atoms with Crippen LogP contribution in [0, 0.1) is 35.3 Å². The molecule has 7 atom stereocenters. The largest absolute Gasteiger partial charge is 0.445 e. The van der Waals surface area contributed by atoms with Gasteiger partial charge >= 0.3 is 6.09 Å². The van der Waals surface area contributed by atoms with Crippen LogP contribution in [-0.2, 0) is 30.7 Å². The van der Waals surface area contributed by atoms with Gasteiger partial charge in [0.05, 0.1) is 40.5 Å². The molecule has 2 aliphatic carbocycles. The summed E-state index contributed by atoms with van der Waals surface area (Å²) < 4.78 is 75.8. The van der Waals surface area contributed by atoms with Gasteiger partial charge in [0.15, 0.2) is 11.4 Å². The Kier molecular flexibility index (Phi) is 9.36. The summed E-state index contributed by atoms with van der Waals surface area (Å²) in [6, 6.07) is 6.96. The normalized spacial score (nSPS) is 26.3. The van der Waals surface area contributed by atoms with Gasteiger partial charge in [0.25, 0.3) is 0 Å². The lowest BCUT2D eigenvalue weighted by Gasteiger charge is -2.31. The van der Waals surface area contributed by atoms with E-state index in [1.54, 1.807) is 12.1 Å². The standard InChI is InChI=1S/C33H40F2N4O7S2/c1-17(2)13-39(48(42,43)23-5-6-26-29(12-23)47-32(37-26)36-22-3-4-22)14-28(40)27(9-18-7-20(34)11-21(35)8-18)38-33(41)46-30-19-10-24-25(30)16-45-31(24)44-15-19/h5-8,11-12,17,19,22,24-25,27-28,30-31,40H,3-4,9-10,13-16H2,1-2H3,(H,36,37)(H,38,41)/t19?,24?,25?,27-,28+,30-,31-/m0/s1. The Balaban J connectivity index is 1.11. The average Bonchev–Trinajstić information content (AvgIpc) is 3.47. The Morgan fingerprint density at radius 3 is 2.58 bits per heavy atom. The first-order valence-corrected chi connectivity index (χ1v) is 18.7. The number of amides is 1. The molecule has 0 spiro atoms. The summed E-state index contributed by atoms with van der Waals surface area (Å²) in [5, 5.41) is 18.4. The number of anilines is 1. The van der Waals surface area contributed by atoms with Crippen molar-refractivity contribution in [2.45, 2.75) is 75.0 Å². The monoisotopic (exact) mass is 706 g/mol. The van der Waals surface area contributed by atoms with Gasteiger partial charge in [-0.1, -0.05) is 25.2 Å². The maximum atomic E-state index is 14.2. The minimum atomic E-state index is -4.13. The fraction of sp³-hybridized carbons (Fsp3) is 0.576. The van der Waals surface area contributed by atoms with Crippen molar-refractivity contribution < 1.29 is 41.3 Å². The van der Waals surface area contributed by atoms with Crippen LogP contribution in [0.1, 0.15) is 38.7 Å². The maximum absolute atomic E-state index is 14.2. The highest BCUT2D eigenvalue weighted by Gasteiger charge is 2.56. The Hall–Kier alpha value is -2.95. The molecule has 2 aromatic carbocycles. The first kappa shape index (κ1) is 33.5. The van der Waals surface area contributed by atoms with E-state index in [0.717, 1.165) is 42.6 Å². The zero-order chi connectivity index (χ0) is 33.7. The van der Waals surface area contributed by atoms with Gasteiger partial charge in [-0.05, 0) is 67.5 Å². The number of hydrogen-bond acceptors (Lipinski definition) is 10.